The number of benzene rings is 1. The topological polar surface area (TPSA) is 52.3 Å². The molecule has 0 bridgehead atoms. The Morgan fingerprint density at radius 2 is 2.04 bits per heavy atom. The fraction of sp³-hybridized carbons (Fsp3) is 0.529. The minimum atomic E-state index is -0.0187. The predicted molar refractivity (Wildman–Crippen MR) is 88.5 cm³/mol. The quantitative estimate of drug-likeness (QED) is 0.828. The molecule has 0 N–H and O–H groups in total. The normalized spacial score (nSPS) is 15.4. The lowest BCUT2D eigenvalue weighted by Crippen LogP contribution is -2.31. The van der Waals surface area contributed by atoms with E-state index >= 15 is 0 Å². The van der Waals surface area contributed by atoms with Crippen LogP contribution in [0.25, 0.3) is 0 Å². The van der Waals surface area contributed by atoms with Gasteiger partial charge in [0.2, 0.25) is 0 Å². The van der Waals surface area contributed by atoms with Crippen molar-refractivity contribution in [2.24, 2.45) is 0 Å². The van der Waals surface area contributed by atoms with E-state index in [1.165, 1.54) is 15.8 Å². The van der Waals surface area contributed by atoms with Crippen LogP contribution >= 0.6 is 0 Å². The van der Waals surface area contributed by atoms with Crippen LogP contribution in [0.1, 0.15) is 17.0 Å². The van der Waals surface area contributed by atoms with Crippen LogP contribution < -0.4 is 5.69 Å². The first kappa shape index (κ1) is 16.0. The molecule has 0 spiro atoms. The predicted octanol–water partition coefficient (Wildman–Crippen LogP) is 1.06. The van der Waals surface area contributed by atoms with Crippen molar-refractivity contribution >= 4 is 0 Å². The molecule has 0 saturated carbocycles. The van der Waals surface area contributed by atoms with Gasteiger partial charge in [-0.15, -0.1) is 0 Å². The Labute approximate surface area is 136 Å². The van der Waals surface area contributed by atoms with Crippen LogP contribution in [0.3, 0.4) is 0 Å². The SMILES string of the molecule is COCCn1nc2n(c1=O)CCN(Cc1ccccc1C)CC2. The number of ether oxygens (including phenoxy) is 1. The highest BCUT2D eigenvalue weighted by Crippen LogP contribution is 2.13. The van der Waals surface area contributed by atoms with E-state index in [0.29, 0.717) is 19.7 Å². The summed E-state index contributed by atoms with van der Waals surface area (Å²) in [6.07, 6.45) is 0.807. The number of nitrogens with zero attached hydrogens (tertiary/aromatic N) is 4. The molecule has 1 aromatic heterocycles. The third-order valence-electron chi connectivity index (χ3n) is 4.45. The minimum absolute atomic E-state index is 0.0187. The van der Waals surface area contributed by atoms with E-state index in [4.69, 9.17) is 4.74 Å². The van der Waals surface area contributed by atoms with E-state index < -0.39 is 0 Å². The van der Waals surface area contributed by atoms with Gasteiger partial charge < -0.3 is 4.74 Å². The number of hydrogen-bond donors (Lipinski definition) is 0. The first-order chi connectivity index (χ1) is 11.2. The molecule has 0 radical (unpaired) electrons. The van der Waals surface area contributed by atoms with Gasteiger partial charge >= 0.3 is 5.69 Å². The molecule has 0 aliphatic carbocycles. The second-order valence-corrected chi connectivity index (χ2v) is 6.02. The zero-order valence-electron chi connectivity index (χ0n) is 13.9. The van der Waals surface area contributed by atoms with E-state index in [0.717, 1.165) is 31.9 Å². The van der Waals surface area contributed by atoms with Gasteiger partial charge in [0.15, 0.2) is 0 Å². The van der Waals surface area contributed by atoms with Gasteiger partial charge in [0, 0.05) is 39.7 Å². The number of aromatic nitrogens is 3. The van der Waals surface area contributed by atoms with E-state index in [1.54, 1.807) is 7.11 Å². The Balaban J connectivity index is 1.69. The molecule has 6 heteroatoms. The second kappa shape index (κ2) is 7.10. The summed E-state index contributed by atoms with van der Waals surface area (Å²) in [6.45, 7) is 6.60. The average Bonchev–Trinajstić information content (AvgIpc) is 2.72. The summed E-state index contributed by atoms with van der Waals surface area (Å²) in [7, 11) is 1.63. The number of fused-ring (bicyclic) bond motifs is 1. The molecule has 0 amide bonds. The van der Waals surface area contributed by atoms with Gasteiger partial charge in [-0.2, -0.15) is 5.10 Å². The summed E-state index contributed by atoms with van der Waals surface area (Å²) in [5, 5.41) is 4.47. The highest BCUT2D eigenvalue weighted by atomic mass is 16.5. The largest absolute Gasteiger partial charge is 0.383 e. The van der Waals surface area contributed by atoms with Crippen molar-refractivity contribution in [2.75, 3.05) is 26.8 Å². The Morgan fingerprint density at radius 1 is 1.22 bits per heavy atom. The molecule has 124 valence electrons. The summed E-state index contributed by atoms with van der Waals surface area (Å²) < 4.78 is 8.37. The van der Waals surface area contributed by atoms with Gasteiger partial charge in [0.1, 0.15) is 5.82 Å². The van der Waals surface area contributed by atoms with Crippen molar-refractivity contribution in [3.8, 4) is 0 Å². The summed E-state index contributed by atoms with van der Waals surface area (Å²) >= 11 is 0. The molecule has 23 heavy (non-hydrogen) atoms. The molecular formula is C17H24N4O2. The molecule has 1 aliphatic rings. The lowest BCUT2D eigenvalue weighted by molar-refractivity contribution is 0.181. The van der Waals surface area contributed by atoms with Crippen molar-refractivity contribution < 1.29 is 4.74 Å². The van der Waals surface area contributed by atoms with E-state index in [9.17, 15) is 4.79 Å². The number of rotatable bonds is 5. The summed E-state index contributed by atoms with van der Waals surface area (Å²) in [4.78, 5) is 14.8. The molecule has 6 nitrogen and oxygen atoms in total. The first-order valence-electron chi connectivity index (χ1n) is 8.11. The third-order valence-corrected chi connectivity index (χ3v) is 4.45. The van der Waals surface area contributed by atoms with Crippen LogP contribution in [0.15, 0.2) is 29.1 Å². The van der Waals surface area contributed by atoms with Crippen LogP contribution in [-0.4, -0.2) is 46.1 Å². The molecule has 2 aromatic rings. The van der Waals surface area contributed by atoms with E-state index in [-0.39, 0.29) is 5.69 Å². The molecule has 0 unspecified atom stereocenters. The summed E-state index contributed by atoms with van der Waals surface area (Å²) in [5.74, 6) is 0.887. The number of hydrogen-bond acceptors (Lipinski definition) is 4. The van der Waals surface area contributed by atoms with Crippen LogP contribution in [-0.2, 0) is 30.8 Å². The molecule has 2 heterocycles. The minimum Gasteiger partial charge on any atom is -0.383 e. The number of aryl methyl sites for hydroxylation is 1. The van der Waals surface area contributed by atoms with Gasteiger partial charge in [-0.05, 0) is 18.1 Å². The molecule has 0 saturated heterocycles. The smallest absolute Gasteiger partial charge is 0.346 e. The fourth-order valence-electron chi connectivity index (χ4n) is 3.02. The van der Waals surface area contributed by atoms with Gasteiger partial charge in [0.25, 0.3) is 0 Å². The van der Waals surface area contributed by atoms with E-state index in [2.05, 4.69) is 41.2 Å². The lowest BCUT2D eigenvalue weighted by Gasteiger charge is -2.20. The molecule has 0 atom stereocenters. The van der Waals surface area contributed by atoms with Crippen LogP contribution in [0.4, 0.5) is 0 Å². The summed E-state index contributed by atoms with van der Waals surface area (Å²) in [5.41, 5.74) is 2.65. The first-order valence-corrected chi connectivity index (χ1v) is 8.11. The second-order valence-electron chi connectivity index (χ2n) is 6.02. The Kier molecular flexibility index (Phi) is 4.93. The Hall–Kier alpha value is -1.92. The van der Waals surface area contributed by atoms with Crippen molar-refractivity contribution in [1.29, 1.82) is 0 Å². The Bertz CT molecular complexity index is 720. The van der Waals surface area contributed by atoms with Crippen molar-refractivity contribution in [3.05, 3.63) is 51.7 Å². The zero-order valence-corrected chi connectivity index (χ0v) is 13.9. The molecule has 1 aromatic carbocycles. The van der Waals surface area contributed by atoms with Crippen molar-refractivity contribution in [1.82, 2.24) is 19.2 Å². The van der Waals surface area contributed by atoms with Gasteiger partial charge in [-0.25, -0.2) is 9.48 Å². The molecule has 0 fully saturated rings. The van der Waals surface area contributed by atoms with E-state index in [1.807, 2.05) is 4.57 Å². The van der Waals surface area contributed by atoms with Crippen molar-refractivity contribution in [2.45, 2.75) is 33.0 Å². The third kappa shape index (κ3) is 3.54. The highest BCUT2D eigenvalue weighted by molar-refractivity contribution is 5.25. The standard InChI is InChI=1S/C17H24N4O2/c1-14-5-3-4-6-15(14)13-19-8-7-16-18-21(11-12-23-2)17(22)20(16)10-9-19/h3-6H,7-13H2,1-2H3. The molecular weight excluding hydrogens is 292 g/mol. The summed E-state index contributed by atoms with van der Waals surface area (Å²) in [6, 6.07) is 8.47. The van der Waals surface area contributed by atoms with Gasteiger partial charge in [-0.1, -0.05) is 24.3 Å². The Morgan fingerprint density at radius 3 is 2.83 bits per heavy atom. The lowest BCUT2D eigenvalue weighted by atomic mass is 10.1. The maximum absolute atomic E-state index is 12.4. The van der Waals surface area contributed by atoms with Crippen molar-refractivity contribution in [3.63, 3.8) is 0 Å². The molecule has 3 rings (SSSR count). The van der Waals surface area contributed by atoms with Gasteiger partial charge in [0.05, 0.1) is 13.2 Å². The molecule has 1 aliphatic heterocycles. The maximum Gasteiger partial charge on any atom is 0.346 e. The fourth-order valence-corrected chi connectivity index (χ4v) is 3.02. The zero-order chi connectivity index (χ0) is 16.2. The van der Waals surface area contributed by atoms with Gasteiger partial charge in [-0.3, -0.25) is 9.47 Å². The van der Waals surface area contributed by atoms with Crippen LogP contribution in [0.2, 0.25) is 0 Å². The van der Waals surface area contributed by atoms with Crippen LogP contribution in [0.5, 0.6) is 0 Å². The average molecular weight is 316 g/mol. The number of methoxy groups -OCH3 is 1. The van der Waals surface area contributed by atoms with Crippen LogP contribution in [0, 0.1) is 6.92 Å². The maximum atomic E-state index is 12.4. The highest BCUT2D eigenvalue weighted by Gasteiger charge is 2.19. The monoisotopic (exact) mass is 316 g/mol.